The number of hydrogen-bond donors (Lipinski definition) is 0. The molecule has 7 heteroatoms. The molecule has 0 spiro atoms. The van der Waals surface area contributed by atoms with Gasteiger partial charge in [-0.15, -0.1) is 6.58 Å². The highest BCUT2D eigenvalue weighted by atomic mass is 19.1. The maximum Gasteiger partial charge on any atom is 0.242 e. The molecule has 0 fully saturated rings. The van der Waals surface area contributed by atoms with Crippen molar-refractivity contribution < 1.29 is 18.4 Å². The molecule has 0 atom stereocenters. The Bertz CT molecular complexity index is 1200. The van der Waals surface area contributed by atoms with Crippen molar-refractivity contribution in [1.29, 1.82) is 0 Å². The van der Waals surface area contributed by atoms with Crippen LogP contribution in [0.2, 0.25) is 0 Å². The minimum atomic E-state index is -0.379. The zero-order valence-electron chi connectivity index (χ0n) is 19.3. The van der Waals surface area contributed by atoms with E-state index < -0.39 is 0 Å². The predicted molar refractivity (Wildman–Crippen MR) is 129 cm³/mol. The third kappa shape index (κ3) is 6.41. The number of hydrogen-bond acceptors (Lipinski definition) is 4. The Kier molecular flexibility index (Phi) is 8.73. The van der Waals surface area contributed by atoms with Crippen molar-refractivity contribution in [3.05, 3.63) is 94.6 Å². The van der Waals surface area contributed by atoms with Crippen LogP contribution >= 0.6 is 0 Å². The van der Waals surface area contributed by atoms with Gasteiger partial charge in [0, 0.05) is 19.5 Å². The number of unbranched alkanes of at least 4 members (excludes halogenated alkanes) is 1. The highest BCUT2D eigenvalue weighted by Gasteiger charge is 2.22. The van der Waals surface area contributed by atoms with E-state index in [4.69, 9.17) is 4.42 Å². The lowest BCUT2D eigenvalue weighted by molar-refractivity contribution is -0.140. The van der Waals surface area contributed by atoms with E-state index in [-0.39, 0.29) is 49.2 Å². The lowest BCUT2D eigenvalue weighted by Crippen LogP contribution is -2.43. The van der Waals surface area contributed by atoms with Gasteiger partial charge in [0.1, 0.15) is 17.9 Å². The van der Waals surface area contributed by atoms with Gasteiger partial charge in [0.2, 0.25) is 11.8 Å². The molecular formula is C27H29FN2O4. The van der Waals surface area contributed by atoms with Crippen LogP contribution in [-0.4, -0.2) is 34.7 Å². The molecule has 0 aliphatic rings. The summed E-state index contributed by atoms with van der Waals surface area (Å²) in [7, 11) is 0. The van der Waals surface area contributed by atoms with E-state index in [1.165, 1.54) is 28.2 Å². The van der Waals surface area contributed by atoms with Crippen LogP contribution in [0.25, 0.3) is 11.0 Å². The van der Waals surface area contributed by atoms with E-state index in [1.807, 2.05) is 6.92 Å². The number of amides is 2. The molecule has 1 heterocycles. The number of rotatable bonds is 11. The van der Waals surface area contributed by atoms with Crippen LogP contribution in [0.1, 0.15) is 37.3 Å². The van der Waals surface area contributed by atoms with Gasteiger partial charge in [0.25, 0.3) is 0 Å². The first-order valence-corrected chi connectivity index (χ1v) is 11.3. The summed E-state index contributed by atoms with van der Waals surface area (Å²) >= 11 is 0. The van der Waals surface area contributed by atoms with Gasteiger partial charge in [-0.25, -0.2) is 4.39 Å². The summed E-state index contributed by atoms with van der Waals surface area (Å²) in [5.74, 6) is -0.832. The number of benzene rings is 2. The summed E-state index contributed by atoms with van der Waals surface area (Å²) in [5, 5.41) is 0.428. The van der Waals surface area contributed by atoms with Gasteiger partial charge in [-0.2, -0.15) is 0 Å². The van der Waals surface area contributed by atoms with Crippen molar-refractivity contribution in [1.82, 2.24) is 9.80 Å². The second-order valence-corrected chi connectivity index (χ2v) is 8.13. The van der Waals surface area contributed by atoms with E-state index in [2.05, 4.69) is 6.58 Å². The molecule has 2 amide bonds. The fraction of sp³-hybridized carbons (Fsp3) is 0.296. The average molecular weight is 465 g/mol. The summed E-state index contributed by atoms with van der Waals surface area (Å²) < 4.78 is 19.0. The molecule has 0 saturated carbocycles. The quantitative estimate of drug-likeness (QED) is 0.387. The molecule has 3 aromatic rings. The van der Waals surface area contributed by atoms with Crippen LogP contribution in [0.15, 0.2) is 76.7 Å². The van der Waals surface area contributed by atoms with Crippen LogP contribution in [0, 0.1) is 5.82 Å². The molecule has 1 aromatic heterocycles. The summed E-state index contributed by atoms with van der Waals surface area (Å²) in [4.78, 5) is 41.9. The van der Waals surface area contributed by atoms with Gasteiger partial charge >= 0.3 is 0 Å². The van der Waals surface area contributed by atoms with E-state index in [9.17, 15) is 18.8 Å². The van der Waals surface area contributed by atoms with Crippen LogP contribution in [0.3, 0.4) is 0 Å². The minimum absolute atomic E-state index is 0.00550. The summed E-state index contributed by atoms with van der Waals surface area (Å²) in [6.07, 6.45) is 4.90. The SMILES string of the molecule is C=CCN(CC(=O)N(Cc1ccc(F)cc1)Cc1coc2ccccc2c1=O)C(=O)CCCC. The Morgan fingerprint density at radius 1 is 1.03 bits per heavy atom. The van der Waals surface area contributed by atoms with Crippen molar-refractivity contribution >= 4 is 22.8 Å². The fourth-order valence-corrected chi connectivity index (χ4v) is 3.64. The average Bonchev–Trinajstić information content (AvgIpc) is 2.84. The number of para-hydroxylation sites is 1. The number of nitrogens with zero attached hydrogens (tertiary/aromatic N) is 2. The van der Waals surface area contributed by atoms with Crippen molar-refractivity contribution in [2.45, 2.75) is 39.3 Å². The Morgan fingerprint density at radius 3 is 2.47 bits per heavy atom. The largest absolute Gasteiger partial charge is 0.464 e. The maximum absolute atomic E-state index is 13.4. The van der Waals surface area contributed by atoms with E-state index in [0.717, 1.165) is 12.8 Å². The number of carbonyl (C=O) groups excluding carboxylic acids is 2. The van der Waals surface area contributed by atoms with Crippen LogP contribution < -0.4 is 5.43 Å². The minimum Gasteiger partial charge on any atom is -0.464 e. The van der Waals surface area contributed by atoms with Crippen molar-refractivity contribution in [2.24, 2.45) is 0 Å². The molecule has 0 aliphatic carbocycles. The first-order valence-electron chi connectivity index (χ1n) is 11.3. The van der Waals surface area contributed by atoms with Crippen LogP contribution in [-0.2, 0) is 22.7 Å². The molecule has 0 saturated heterocycles. The smallest absolute Gasteiger partial charge is 0.242 e. The van der Waals surface area contributed by atoms with Gasteiger partial charge < -0.3 is 14.2 Å². The first-order chi connectivity index (χ1) is 16.4. The predicted octanol–water partition coefficient (Wildman–Crippen LogP) is 4.67. The molecule has 0 radical (unpaired) electrons. The van der Waals surface area contributed by atoms with Gasteiger partial charge in [0.15, 0.2) is 5.43 Å². The second kappa shape index (κ2) is 11.9. The van der Waals surface area contributed by atoms with Crippen LogP contribution in [0.4, 0.5) is 4.39 Å². The molecule has 0 aliphatic heterocycles. The topological polar surface area (TPSA) is 70.8 Å². The lowest BCUT2D eigenvalue weighted by Gasteiger charge is -2.27. The molecule has 6 nitrogen and oxygen atoms in total. The number of halogens is 1. The molecule has 2 aromatic carbocycles. The molecule has 0 N–H and O–H groups in total. The van der Waals surface area contributed by atoms with Gasteiger partial charge in [0.05, 0.1) is 23.8 Å². The van der Waals surface area contributed by atoms with E-state index in [0.29, 0.717) is 28.5 Å². The molecular weight excluding hydrogens is 435 g/mol. The third-order valence-corrected chi connectivity index (χ3v) is 5.52. The standard InChI is InChI=1S/C27H29FN2O4/c1-3-5-10-25(31)29(15-4-2)18-26(32)30(16-20-11-13-22(28)14-12-20)17-21-19-34-24-9-7-6-8-23(24)27(21)33/h4,6-9,11-14,19H,2-3,5,10,15-18H2,1H3. The molecule has 34 heavy (non-hydrogen) atoms. The molecule has 0 unspecified atom stereocenters. The summed E-state index contributed by atoms with van der Waals surface area (Å²) in [5.41, 5.74) is 1.27. The first kappa shape index (κ1) is 24.9. The second-order valence-electron chi connectivity index (χ2n) is 8.13. The van der Waals surface area contributed by atoms with Crippen molar-refractivity contribution in [3.8, 4) is 0 Å². The molecule has 178 valence electrons. The monoisotopic (exact) mass is 464 g/mol. The Labute approximate surface area is 198 Å². The number of fused-ring (bicyclic) bond motifs is 1. The summed E-state index contributed by atoms with van der Waals surface area (Å²) in [6.45, 7) is 5.93. The van der Waals surface area contributed by atoms with Gasteiger partial charge in [-0.05, 0) is 36.2 Å². The molecule has 3 rings (SSSR count). The highest BCUT2D eigenvalue weighted by molar-refractivity contribution is 5.85. The Morgan fingerprint density at radius 2 is 1.76 bits per heavy atom. The van der Waals surface area contributed by atoms with Gasteiger partial charge in [-0.3, -0.25) is 14.4 Å². The summed E-state index contributed by atoms with van der Waals surface area (Å²) in [6, 6.07) is 12.7. The Balaban J connectivity index is 1.88. The van der Waals surface area contributed by atoms with Crippen LogP contribution in [0.5, 0.6) is 0 Å². The Hall–Kier alpha value is -3.74. The number of carbonyl (C=O) groups is 2. The fourth-order valence-electron chi connectivity index (χ4n) is 3.64. The van der Waals surface area contributed by atoms with E-state index in [1.54, 1.807) is 42.5 Å². The normalized spacial score (nSPS) is 10.8. The van der Waals surface area contributed by atoms with Crippen molar-refractivity contribution in [3.63, 3.8) is 0 Å². The zero-order valence-corrected chi connectivity index (χ0v) is 19.3. The van der Waals surface area contributed by atoms with E-state index >= 15 is 0 Å². The maximum atomic E-state index is 13.4. The molecule has 0 bridgehead atoms. The van der Waals surface area contributed by atoms with Gasteiger partial charge in [-0.1, -0.05) is 43.7 Å². The zero-order chi connectivity index (χ0) is 24.5. The third-order valence-electron chi connectivity index (χ3n) is 5.52. The lowest BCUT2D eigenvalue weighted by atomic mass is 10.1. The highest BCUT2D eigenvalue weighted by Crippen LogP contribution is 2.15. The van der Waals surface area contributed by atoms with Crippen molar-refractivity contribution in [2.75, 3.05) is 13.1 Å².